The molecule has 0 saturated carbocycles. The highest BCUT2D eigenvalue weighted by molar-refractivity contribution is 7.14. The maximum Gasteiger partial charge on any atom is 0.315 e. The van der Waals surface area contributed by atoms with E-state index in [4.69, 9.17) is 9.47 Å². The first-order valence-electron chi connectivity index (χ1n) is 9.74. The molecule has 9 heteroatoms. The third kappa shape index (κ3) is 5.37. The van der Waals surface area contributed by atoms with Gasteiger partial charge in [0.2, 0.25) is 10.9 Å². The van der Waals surface area contributed by atoms with Crippen LogP contribution < -0.4 is 14.9 Å². The summed E-state index contributed by atoms with van der Waals surface area (Å²) in [6.07, 6.45) is 2.21. The standard InChI is InChI=1S/C22H24N4O4S/c1-5-8-30-21-19(26(27)28)10-16(11-20(21)29-4)12-23-25-22-24-18(13-31-22)17-7-6-14(2)15(3)9-17/h6-7,9-13H,5,8H2,1-4H3,(H,24,25)/b23-12-. The third-order valence-corrected chi connectivity index (χ3v) is 5.35. The number of hydrogen-bond acceptors (Lipinski definition) is 8. The number of nitrogens with zero attached hydrogens (tertiary/aromatic N) is 3. The number of nitrogens with one attached hydrogen (secondary N) is 1. The fourth-order valence-corrected chi connectivity index (χ4v) is 3.51. The molecule has 0 aliphatic rings. The van der Waals surface area contributed by atoms with Crippen molar-refractivity contribution >= 4 is 28.4 Å². The molecular formula is C22H24N4O4S. The van der Waals surface area contributed by atoms with Gasteiger partial charge in [-0.15, -0.1) is 11.3 Å². The number of anilines is 1. The molecule has 1 heterocycles. The third-order valence-electron chi connectivity index (χ3n) is 4.61. The van der Waals surface area contributed by atoms with Crippen molar-refractivity contribution in [1.82, 2.24) is 4.98 Å². The minimum Gasteiger partial charge on any atom is -0.493 e. The summed E-state index contributed by atoms with van der Waals surface area (Å²) in [6, 6.07) is 9.26. The smallest absolute Gasteiger partial charge is 0.315 e. The van der Waals surface area contributed by atoms with E-state index in [1.807, 2.05) is 18.4 Å². The van der Waals surface area contributed by atoms with E-state index in [2.05, 4.69) is 41.5 Å². The Bertz CT molecular complexity index is 1110. The number of hydrogen-bond donors (Lipinski definition) is 1. The van der Waals surface area contributed by atoms with Crippen molar-refractivity contribution in [2.24, 2.45) is 5.10 Å². The first kappa shape index (κ1) is 22.2. The first-order chi connectivity index (χ1) is 14.9. The van der Waals surface area contributed by atoms with Crippen molar-refractivity contribution in [1.29, 1.82) is 0 Å². The largest absolute Gasteiger partial charge is 0.493 e. The van der Waals surface area contributed by atoms with Crippen LogP contribution in [0.1, 0.15) is 30.0 Å². The highest BCUT2D eigenvalue weighted by Crippen LogP contribution is 2.38. The topological polar surface area (TPSA) is 98.9 Å². The first-order valence-corrected chi connectivity index (χ1v) is 10.6. The van der Waals surface area contributed by atoms with Crippen molar-refractivity contribution < 1.29 is 14.4 Å². The number of benzene rings is 2. The lowest BCUT2D eigenvalue weighted by molar-refractivity contribution is -0.386. The Morgan fingerprint density at radius 1 is 1.26 bits per heavy atom. The van der Waals surface area contributed by atoms with Gasteiger partial charge in [0.15, 0.2) is 5.75 Å². The van der Waals surface area contributed by atoms with Gasteiger partial charge >= 0.3 is 5.69 Å². The van der Waals surface area contributed by atoms with Crippen LogP contribution in [0, 0.1) is 24.0 Å². The van der Waals surface area contributed by atoms with Gasteiger partial charge in [-0.25, -0.2) is 4.98 Å². The van der Waals surface area contributed by atoms with E-state index in [9.17, 15) is 10.1 Å². The lowest BCUT2D eigenvalue weighted by atomic mass is 10.1. The van der Waals surface area contributed by atoms with E-state index in [-0.39, 0.29) is 17.2 Å². The second-order valence-corrected chi connectivity index (χ2v) is 7.74. The van der Waals surface area contributed by atoms with Gasteiger partial charge in [-0.05, 0) is 43.5 Å². The Morgan fingerprint density at radius 3 is 2.74 bits per heavy atom. The highest BCUT2D eigenvalue weighted by Gasteiger charge is 2.22. The summed E-state index contributed by atoms with van der Waals surface area (Å²) in [7, 11) is 1.45. The molecule has 2 aromatic carbocycles. The number of aromatic nitrogens is 1. The lowest BCUT2D eigenvalue weighted by Gasteiger charge is -2.11. The van der Waals surface area contributed by atoms with Crippen molar-refractivity contribution in [3.8, 4) is 22.8 Å². The van der Waals surface area contributed by atoms with Crippen LogP contribution in [0.5, 0.6) is 11.5 Å². The minimum absolute atomic E-state index is 0.123. The average Bonchev–Trinajstić information content (AvgIpc) is 3.22. The van der Waals surface area contributed by atoms with Crippen LogP contribution in [-0.2, 0) is 0 Å². The molecule has 0 saturated heterocycles. The molecule has 31 heavy (non-hydrogen) atoms. The number of methoxy groups -OCH3 is 1. The molecule has 0 radical (unpaired) electrons. The van der Waals surface area contributed by atoms with E-state index < -0.39 is 4.92 Å². The molecule has 0 atom stereocenters. The molecule has 1 aromatic heterocycles. The molecule has 0 fully saturated rings. The van der Waals surface area contributed by atoms with Gasteiger partial charge in [-0.3, -0.25) is 15.5 Å². The van der Waals surface area contributed by atoms with Gasteiger partial charge in [0.05, 0.1) is 30.5 Å². The summed E-state index contributed by atoms with van der Waals surface area (Å²) in [5, 5.41) is 18.2. The zero-order valence-electron chi connectivity index (χ0n) is 17.8. The van der Waals surface area contributed by atoms with Gasteiger partial charge in [0.25, 0.3) is 0 Å². The van der Waals surface area contributed by atoms with E-state index >= 15 is 0 Å². The number of aryl methyl sites for hydroxylation is 2. The Morgan fingerprint density at radius 2 is 2.06 bits per heavy atom. The minimum atomic E-state index is -0.491. The van der Waals surface area contributed by atoms with E-state index in [0.29, 0.717) is 17.3 Å². The molecule has 0 amide bonds. The molecule has 0 spiro atoms. The maximum atomic E-state index is 11.5. The molecule has 8 nitrogen and oxygen atoms in total. The predicted octanol–water partition coefficient (Wildman–Crippen LogP) is 5.58. The fourth-order valence-electron chi connectivity index (χ4n) is 2.84. The Labute approximate surface area is 184 Å². The van der Waals surface area contributed by atoms with Crippen LogP contribution >= 0.6 is 11.3 Å². The van der Waals surface area contributed by atoms with Crippen molar-refractivity contribution in [2.75, 3.05) is 19.1 Å². The monoisotopic (exact) mass is 440 g/mol. The second-order valence-electron chi connectivity index (χ2n) is 6.88. The number of hydrazone groups is 1. The summed E-state index contributed by atoms with van der Waals surface area (Å²) in [4.78, 5) is 15.5. The van der Waals surface area contributed by atoms with E-state index in [0.717, 1.165) is 17.7 Å². The van der Waals surface area contributed by atoms with Gasteiger partial charge in [0.1, 0.15) is 0 Å². The summed E-state index contributed by atoms with van der Waals surface area (Å²) in [5.74, 6) is 0.410. The number of nitro groups is 1. The molecule has 162 valence electrons. The van der Waals surface area contributed by atoms with Crippen LogP contribution in [0.15, 0.2) is 40.8 Å². The molecule has 0 aliphatic heterocycles. The van der Waals surface area contributed by atoms with Crippen LogP contribution in [0.4, 0.5) is 10.8 Å². The van der Waals surface area contributed by atoms with Crippen LogP contribution in [0.2, 0.25) is 0 Å². The Kier molecular flexibility index (Phi) is 7.19. The number of ether oxygens (including phenoxy) is 2. The quantitative estimate of drug-likeness (QED) is 0.265. The SMILES string of the molecule is CCCOc1c(OC)cc(/C=N\Nc2nc(-c3ccc(C)c(C)c3)cs2)cc1[N+](=O)[O-]. The number of thiazole rings is 1. The summed E-state index contributed by atoms with van der Waals surface area (Å²) in [5.41, 5.74) is 7.56. The maximum absolute atomic E-state index is 11.5. The van der Waals surface area contributed by atoms with Crippen molar-refractivity contribution in [3.05, 3.63) is 62.5 Å². The van der Waals surface area contributed by atoms with Crippen molar-refractivity contribution in [3.63, 3.8) is 0 Å². The highest BCUT2D eigenvalue weighted by atomic mass is 32.1. The predicted molar refractivity (Wildman–Crippen MR) is 124 cm³/mol. The summed E-state index contributed by atoms with van der Waals surface area (Å²) >= 11 is 1.43. The summed E-state index contributed by atoms with van der Waals surface area (Å²) < 4.78 is 10.8. The fraction of sp³-hybridized carbons (Fsp3) is 0.273. The molecule has 3 rings (SSSR count). The van der Waals surface area contributed by atoms with E-state index in [1.165, 1.54) is 41.9 Å². The zero-order valence-corrected chi connectivity index (χ0v) is 18.7. The number of rotatable bonds is 9. The molecule has 0 bridgehead atoms. The molecular weight excluding hydrogens is 416 g/mol. The van der Waals surface area contributed by atoms with Gasteiger partial charge in [-0.1, -0.05) is 19.1 Å². The van der Waals surface area contributed by atoms with Gasteiger partial charge < -0.3 is 9.47 Å². The van der Waals surface area contributed by atoms with Gasteiger partial charge in [0, 0.05) is 22.6 Å². The molecule has 3 aromatic rings. The lowest BCUT2D eigenvalue weighted by Crippen LogP contribution is -2.03. The Hall–Kier alpha value is -3.46. The van der Waals surface area contributed by atoms with Crippen LogP contribution in [0.3, 0.4) is 0 Å². The zero-order chi connectivity index (χ0) is 22.4. The molecule has 0 aliphatic carbocycles. The Balaban J connectivity index is 1.78. The van der Waals surface area contributed by atoms with E-state index in [1.54, 1.807) is 6.07 Å². The number of nitro benzene ring substituents is 1. The average molecular weight is 441 g/mol. The second kappa shape index (κ2) is 10.0. The summed E-state index contributed by atoms with van der Waals surface area (Å²) in [6.45, 7) is 6.43. The van der Waals surface area contributed by atoms with Crippen LogP contribution in [0.25, 0.3) is 11.3 Å². The van der Waals surface area contributed by atoms with Crippen molar-refractivity contribution in [2.45, 2.75) is 27.2 Å². The van der Waals surface area contributed by atoms with Gasteiger partial charge in [-0.2, -0.15) is 5.10 Å². The van der Waals surface area contributed by atoms with Crippen LogP contribution in [-0.4, -0.2) is 29.8 Å². The molecule has 0 unspecified atom stereocenters. The normalized spacial score (nSPS) is 11.0. The molecule has 1 N–H and O–H groups in total.